The van der Waals surface area contributed by atoms with Crippen LogP contribution in [0.25, 0.3) is 11.6 Å². The zero-order valence-electron chi connectivity index (χ0n) is 12.2. The van der Waals surface area contributed by atoms with Crippen LogP contribution in [-0.2, 0) is 13.0 Å². The van der Waals surface area contributed by atoms with Gasteiger partial charge in [0.05, 0.1) is 10.6 Å². The third-order valence-corrected chi connectivity index (χ3v) is 5.02. The minimum absolute atomic E-state index is 0.191. The lowest BCUT2D eigenvalue weighted by Gasteiger charge is -2.04. The Morgan fingerprint density at radius 3 is 3.00 bits per heavy atom. The Hall–Kier alpha value is -1.98. The molecule has 0 amide bonds. The fraction of sp³-hybridized carbons (Fsp3) is 0.176. The minimum Gasteiger partial charge on any atom is -0.493 e. The first-order valence-corrected chi connectivity index (χ1v) is 8.29. The number of aromatic nitrogens is 1. The van der Waals surface area contributed by atoms with Crippen molar-refractivity contribution in [2.75, 3.05) is 0 Å². The van der Waals surface area contributed by atoms with Crippen molar-refractivity contribution in [1.82, 2.24) is 4.57 Å². The maximum Gasteiger partial charge on any atom is 0.210 e. The summed E-state index contributed by atoms with van der Waals surface area (Å²) in [5, 5.41) is 10.3. The van der Waals surface area contributed by atoms with E-state index in [9.17, 15) is 5.11 Å². The molecule has 0 aliphatic carbocycles. The second-order valence-electron chi connectivity index (χ2n) is 4.98. The SMILES string of the molecule is C=CCn1c(O)c(/C=C2/C=Nc3c(CC)cccc32)sc1=S. The van der Waals surface area contributed by atoms with Crippen LogP contribution in [0.2, 0.25) is 0 Å². The van der Waals surface area contributed by atoms with Crippen molar-refractivity contribution in [2.45, 2.75) is 19.9 Å². The highest BCUT2D eigenvalue weighted by Crippen LogP contribution is 2.38. The number of thiazole rings is 1. The second kappa shape index (κ2) is 6.02. The van der Waals surface area contributed by atoms with Gasteiger partial charge in [0.1, 0.15) is 0 Å². The fourth-order valence-electron chi connectivity index (χ4n) is 2.52. The summed E-state index contributed by atoms with van der Waals surface area (Å²) in [6.45, 7) is 6.32. The van der Waals surface area contributed by atoms with Gasteiger partial charge in [-0.3, -0.25) is 9.56 Å². The molecule has 0 unspecified atom stereocenters. The van der Waals surface area contributed by atoms with Crippen LogP contribution in [-0.4, -0.2) is 15.9 Å². The molecule has 3 nitrogen and oxygen atoms in total. The highest BCUT2D eigenvalue weighted by Gasteiger charge is 2.17. The second-order valence-corrected chi connectivity index (χ2v) is 6.66. The van der Waals surface area contributed by atoms with Gasteiger partial charge in [-0.05, 0) is 30.3 Å². The van der Waals surface area contributed by atoms with Crippen molar-refractivity contribution in [2.24, 2.45) is 4.99 Å². The number of fused-ring (bicyclic) bond motifs is 1. The zero-order valence-corrected chi connectivity index (χ0v) is 13.9. The van der Waals surface area contributed by atoms with E-state index in [-0.39, 0.29) is 5.88 Å². The molecule has 5 heteroatoms. The Bertz CT molecular complexity index is 856. The minimum atomic E-state index is 0.191. The summed E-state index contributed by atoms with van der Waals surface area (Å²) >= 11 is 6.69. The molecule has 0 saturated heterocycles. The van der Waals surface area contributed by atoms with E-state index in [0.717, 1.165) is 28.1 Å². The van der Waals surface area contributed by atoms with Crippen LogP contribution in [0.3, 0.4) is 0 Å². The Kier molecular flexibility index (Phi) is 4.09. The summed E-state index contributed by atoms with van der Waals surface area (Å²) < 4.78 is 2.32. The molecule has 1 aromatic carbocycles. The van der Waals surface area contributed by atoms with Crippen LogP contribution >= 0.6 is 23.6 Å². The number of aromatic hydroxyl groups is 1. The lowest BCUT2D eigenvalue weighted by molar-refractivity contribution is 0.424. The quantitative estimate of drug-likeness (QED) is 0.634. The van der Waals surface area contributed by atoms with E-state index in [1.54, 1.807) is 10.6 Å². The predicted octanol–water partition coefficient (Wildman–Crippen LogP) is 4.99. The van der Waals surface area contributed by atoms with Crippen molar-refractivity contribution >= 4 is 47.1 Å². The van der Waals surface area contributed by atoms with Crippen molar-refractivity contribution in [1.29, 1.82) is 0 Å². The molecule has 1 aliphatic heterocycles. The third-order valence-electron chi connectivity index (χ3n) is 3.64. The molecular formula is C17H16N2OS2. The van der Waals surface area contributed by atoms with Gasteiger partial charge in [0.2, 0.25) is 5.88 Å². The molecule has 0 spiro atoms. The van der Waals surface area contributed by atoms with Gasteiger partial charge in [-0.1, -0.05) is 31.2 Å². The Balaban J connectivity index is 2.07. The highest BCUT2D eigenvalue weighted by atomic mass is 32.1. The van der Waals surface area contributed by atoms with Crippen LogP contribution in [0.15, 0.2) is 35.8 Å². The molecule has 112 valence electrons. The normalized spacial score (nSPS) is 14.5. The first-order valence-electron chi connectivity index (χ1n) is 7.07. The van der Waals surface area contributed by atoms with E-state index in [1.165, 1.54) is 16.9 Å². The number of para-hydroxylation sites is 1. The monoisotopic (exact) mass is 328 g/mol. The van der Waals surface area contributed by atoms with Crippen molar-refractivity contribution in [3.8, 4) is 5.88 Å². The number of aliphatic imine (C=N–C) groups is 1. The smallest absolute Gasteiger partial charge is 0.210 e. The molecule has 22 heavy (non-hydrogen) atoms. The molecule has 0 fully saturated rings. The zero-order chi connectivity index (χ0) is 15.7. The summed E-state index contributed by atoms with van der Waals surface area (Å²) in [6.07, 6.45) is 6.47. The average Bonchev–Trinajstić information content (AvgIpc) is 3.04. The molecule has 1 aromatic heterocycles. The molecule has 3 rings (SSSR count). The number of nitrogens with zero attached hydrogens (tertiary/aromatic N) is 2. The summed E-state index contributed by atoms with van der Waals surface area (Å²) in [4.78, 5) is 5.28. The lowest BCUT2D eigenvalue weighted by Crippen LogP contribution is -1.93. The summed E-state index contributed by atoms with van der Waals surface area (Å²) in [7, 11) is 0. The molecule has 2 aromatic rings. The van der Waals surface area contributed by atoms with Gasteiger partial charge < -0.3 is 5.11 Å². The van der Waals surface area contributed by atoms with Gasteiger partial charge in [-0.2, -0.15) is 0 Å². The van der Waals surface area contributed by atoms with Crippen LogP contribution < -0.4 is 0 Å². The largest absolute Gasteiger partial charge is 0.493 e. The molecule has 0 radical (unpaired) electrons. The van der Waals surface area contributed by atoms with Gasteiger partial charge in [0.25, 0.3) is 0 Å². The summed E-state index contributed by atoms with van der Waals surface area (Å²) in [5.74, 6) is 0.191. The molecule has 0 saturated carbocycles. The fourth-order valence-corrected chi connectivity index (χ4v) is 3.80. The van der Waals surface area contributed by atoms with Gasteiger partial charge in [0, 0.05) is 23.9 Å². The summed E-state index contributed by atoms with van der Waals surface area (Å²) in [6, 6.07) is 6.20. The average molecular weight is 328 g/mol. The van der Waals surface area contributed by atoms with E-state index in [2.05, 4.69) is 30.6 Å². The Morgan fingerprint density at radius 2 is 2.27 bits per heavy atom. The first-order chi connectivity index (χ1) is 10.7. The van der Waals surface area contributed by atoms with Gasteiger partial charge >= 0.3 is 0 Å². The first kappa shape index (κ1) is 14.9. The van der Waals surface area contributed by atoms with E-state index < -0.39 is 0 Å². The Morgan fingerprint density at radius 1 is 1.45 bits per heavy atom. The maximum atomic E-state index is 10.3. The molecule has 2 heterocycles. The van der Waals surface area contributed by atoms with E-state index in [4.69, 9.17) is 12.2 Å². The van der Waals surface area contributed by atoms with Gasteiger partial charge in [0.15, 0.2) is 3.95 Å². The van der Waals surface area contributed by atoms with Crippen molar-refractivity contribution in [3.63, 3.8) is 0 Å². The van der Waals surface area contributed by atoms with Crippen LogP contribution in [0.5, 0.6) is 5.88 Å². The number of hydrogen-bond donors (Lipinski definition) is 1. The van der Waals surface area contributed by atoms with Crippen LogP contribution in [0.1, 0.15) is 22.9 Å². The maximum absolute atomic E-state index is 10.3. The number of aryl methyl sites for hydroxylation is 1. The number of rotatable bonds is 4. The molecule has 0 bridgehead atoms. The van der Waals surface area contributed by atoms with Gasteiger partial charge in [-0.15, -0.1) is 17.9 Å². The third kappa shape index (κ3) is 2.46. The van der Waals surface area contributed by atoms with E-state index >= 15 is 0 Å². The number of allylic oxidation sites excluding steroid dienone is 2. The molecule has 0 atom stereocenters. The molecule has 1 aliphatic rings. The van der Waals surface area contributed by atoms with Crippen LogP contribution in [0.4, 0.5) is 5.69 Å². The Labute approximate surface area is 138 Å². The van der Waals surface area contributed by atoms with Crippen molar-refractivity contribution in [3.05, 3.63) is 50.8 Å². The standard InChI is InChI=1S/C17H16N2OS2/c1-3-8-19-16(20)14(22-17(19)21)9-12-10-18-15-11(4-2)6-5-7-13(12)15/h3,5-7,9-10,20H,1,4,8H2,2H3/b12-9-. The highest BCUT2D eigenvalue weighted by molar-refractivity contribution is 7.73. The summed E-state index contributed by atoms with van der Waals surface area (Å²) in [5.41, 5.74) is 4.37. The van der Waals surface area contributed by atoms with Gasteiger partial charge in [-0.25, -0.2) is 0 Å². The predicted molar refractivity (Wildman–Crippen MR) is 96.8 cm³/mol. The number of benzene rings is 1. The van der Waals surface area contributed by atoms with E-state index in [0.29, 0.717) is 10.5 Å². The topological polar surface area (TPSA) is 37.5 Å². The number of hydrogen-bond acceptors (Lipinski definition) is 4. The van der Waals surface area contributed by atoms with Crippen molar-refractivity contribution < 1.29 is 5.11 Å². The lowest BCUT2D eigenvalue weighted by atomic mass is 10.0. The van der Waals surface area contributed by atoms with Crippen LogP contribution in [0, 0.1) is 3.95 Å². The molecule has 1 N–H and O–H groups in total. The molecular weight excluding hydrogens is 312 g/mol. The van der Waals surface area contributed by atoms with E-state index in [1.807, 2.05) is 18.4 Å².